The number of piperazine rings is 1. The Hall–Kier alpha value is -2.68. The first-order chi connectivity index (χ1) is 16.0. The van der Waals surface area contributed by atoms with Crippen LogP contribution >= 0.6 is 23.8 Å². The Bertz CT molecular complexity index is 988. The molecule has 2 heterocycles. The Labute approximate surface area is 204 Å². The highest BCUT2D eigenvalue weighted by atomic mass is 35.5. The number of thiocarbonyl (C=S) groups is 1. The van der Waals surface area contributed by atoms with Gasteiger partial charge in [0.2, 0.25) is 11.8 Å². The van der Waals surface area contributed by atoms with Crippen molar-refractivity contribution in [3.8, 4) is 0 Å². The molecule has 9 heteroatoms. The lowest BCUT2D eigenvalue weighted by molar-refractivity contribution is -0.129. The topological polar surface area (TPSA) is 85.5 Å². The van der Waals surface area contributed by atoms with E-state index in [4.69, 9.17) is 23.8 Å². The fraction of sp³-hybridized carbons (Fsp3) is 0.375. The van der Waals surface area contributed by atoms with Crippen molar-refractivity contribution in [1.29, 1.82) is 0 Å². The van der Waals surface area contributed by atoms with Crippen LogP contribution < -0.4 is 21.3 Å². The Balaban J connectivity index is 1.26. The summed E-state index contributed by atoms with van der Waals surface area (Å²) in [7, 11) is 0. The highest BCUT2D eigenvalue weighted by Crippen LogP contribution is 2.26. The molecule has 2 fully saturated rings. The second kappa shape index (κ2) is 11.0. The number of nitrogens with one attached hydrogen (secondary N) is 4. The highest BCUT2D eigenvalue weighted by Gasteiger charge is 2.43. The van der Waals surface area contributed by atoms with Crippen molar-refractivity contribution in [2.45, 2.75) is 43.9 Å². The zero-order chi connectivity index (χ0) is 23.2. The minimum atomic E-state index is -0.202. The van der Waals surface area contributed by atoms with E-state index < -0.39 is 0 Å². The second-order valence-corrected chi connectivity index (χ2v) is 9.30. The van der Waals surface area contributed by atoms with Gasteiger partial charge in [-0.1, -0.05) is 41.9 Å². The molecule has 4 rings (SSSR count). The van der Waals surface area contributed by atoms with Crippen LogP contribution in [0.2, 0.25) is 5.02 Å². The molecule has 174 valence electrons. The molecule has 0 saturated carbocycles. The van der Waals surface area contributed by atoms with Crippen molar-refractivity contribution in [2.75, 3.05) is 18.4 Å². The minimum Gasteiger partial charge on any atom is -0.358 e. The van der Waals surface area contributed by atoms with E-state index in [0.717, 1.165) is 11.3 Å². The lowest BCUT2D eigenvalue weighted by Gasteiger charge is -2.37. The van der Waals surface area contributed by atoms with Crippen molar-refractivity contribution >= 4 is 46.4 Å². The van der Waals surface area contributed by atoms with Gasteiger partial charge in [0.05, 0.1) is 6.04 Å². The second-order valence-electron chi connectivity index (χ2n) is 8.45. The summed E-state index contributed by atoms with van der Waals surface area (Å²) >= 11 is 11.4. The van der Waals surface area contributed by atoms with Crippen LogP contribution in [0.3, 0.4) is 0 Å². The van der Waals surface area contributed by atoms with E-state index in [1.165, 1.54) is 0 Å². The summed E-state index contributed by atoms with van der Waals surface area (Å²) in [4.78, 5) is 27.0. The molecule has 2 aromatic rings. The molecule has 4 N–H and O–H groups in total. The summed E-state index contributed by atoms with van der Waals surface area (Å²) < 4.78 is 0. The Morgan fingerprint density at radius 3 is 2.67 bits per heavy atom. The maximum atomic E-state index is 12.5. The van der Waals surface area contributed by atoms with Gasteiger partial charge in [0.25, 0.3) is 0 Å². The number of halogens is 1. The monoisotopic (exact) mass is 485 g/mol. The molecule has 0 bridgehead atoms. The highest BCUT2D eigenvalue weighted by molar-refractivity contribution is 7.80. The normalized spacial score (nSPS) is 22.2. The SMILES string of the molecule is O=C(CC[C@@H]1CNC(=O)[C@@H]2C[C@H](NC(=S)Nc3ccc(Cl)cc3)CN12)NCc1ccccc1. The molecule has 0 aromatic heterocycles. The number of carbonyl (C=O) groups is 2. The number of anilines is 1. The molecule has 0 unspecified atom stereocenters. The van der Waals surface area contributed by atoms with Crippen molar-refractivity contribution in [3.05, 3.63) is 65.2 Å². The average molecular weight is 486 g/mol. The molecule has 0 spiro atoms. The lowest BCUT2D eigenvalue weighted by atomic mass is 10.0. The predicted octanol–water partition coefficient (Wildman–Crippen LogP) is 2.66. The van der Waals surface area contributed by atoms with Gasteiger partial charge >= 0.3 is 0 Å². The summed E-state index contributed by atoms with van der Waals surface area (Å²) in [5.74, 6) is 0.0650. The number of rotatable bonds is 7. The van der Waals surface area contributed by atoms with Crippen LogP contribution in [0, 0.1) is 0 Å². The minimum absolute atomic E-state index is 0.0227. The van der Waals surface area contributed by atoms with E-state index in [1.54, 1.807) is 12.1 Å². The molecule has 2 aliphatic heterocycles. The molecule has 2 aliphatic rings. The number of fused-ring (bicyclic) bond motifs is 1. The van der Waals surface area contributed by atoms with Gasteiger partial charge in [0.15, 0.2) is 5.11 Å². The van der Waals surface area contributed by atoms with Gasteiger partial charge in [-0.2, -0.15) is 0 Å². The molecular weight excluding hydrogens is 458 g/mol. The van der Waals surface area contributed by atoms with Crippen LogP contribution in [-0.2, 0) is 16.1 Å². The summed E-state index contributed by atoms with van der Waals surface area (Å²) in [5, 5.41) is 13.6. The number of hydrogen-bond acceptors (Lipinski definition) is 4. The number of hydrogen-bond donors (Lipinski definition) is 4. The van der Waals surface area contributed by atoms with E-state index in [9.17, 15) is 9.59 Å². The van der Waals surface area contributed by atoms with Crippen molar-refractivity contribution < 1.29 is 9.59 Å². The van der Waals surface area contributed by atoms with Gasteiger partial charge in [0.1, 0.15) is 0 Å². The molecule has 0 radical (unpaired) electrons. The number of benzene rings is 2. The maximum absolute atomic E-state index is 12.5. The zero-order valence-electron chi connectivity index (χ0n) is 18.2. The summed E-state index contributed by atoms with van der Waals surface area (Å²) in [6, 6.07) is 17.2. The molecule has 0 aliphatic carbocycles. The van der Waals surface area contributed by atoms with Crippen molar-refractivity contribution in [3.63, 3.8) is 0 Å². The summed E-state index contributed by atoms with van der Waals surface area (Å²) in [5.41, 5.74) is 1.93. The quantitative estimate of drug-likeness (QED) is 0.451. The third kappa shape index (κ3) is 6.43. The Kier molecular flexibility index (Phi) is 7.80. The molecule has 3 atom stereocenters. The van der Waals surface area contributed by atoms with E-state index >= 15 is 0 Å². The van der Waals surface area contributed by atoms with Crippen LogP contribution in [0.15, 0.2) is 54.6 Å². The van der Waals surface area contributed by atoms with Gasteiger partial charge < -0.3 is 21.3 Å². The first-order valence-corrected chi connectivity index (χ1v) is 11.9. The standard InChI is InChI=1S/C24H28ClN5O2S/c25-17-6-8-18(9-7-17)28-24(33)29-19-12-21-23(32)27-14-20(30(21)15-19)10-11-22(31)26-13-16-4-2-1-3-5-16/h1-9,19-21H,10-15H2,(H,26,31)(H,27,32)(H2,28,29,33)/t19-,20+,21-/m0/s1. The Morgan fingerprint density at radius 1 is 1.15 bits per heavy atom. The third-order valence-corrected chi connectivity index (χ3v) is 6.57. The van der Waals surface area contributed by atoms with Crippen LogP contribution in [0.5, 0.6) is 0 Å². The van der Waals surface area contributed by atoms with E-state index in [-0.39, 0.29) is 29.9 Å². The fourth-order valence-electron chi connectivity index (χ4n) is 4.42. The number of carbonyl (C=O) groups excluding carboxylic acids is 2. The van der Waals surface area contributed by atoms with Crippen LogP contribution in [0.4, 0.5) is 5.69 Å². The predicted molar refractivity (Wildman–Crippen MR) is 134 cm³/mol. The third-order valence-electron chi connectivity index (χ3n) is 6.10. The molecule has 2 aromatic carbocycles. The van der Waals surface area contributed by atoms with Gasteiger partial charge in [-0.15, -0.1) is 0 Å². The molecule has 2 amide bonds. The van der Waals surface area contributed by atoms with Gasteiger partial charge in [-0.25, -0.2) is 0 Å². The van der Waals surface area contributed by atoms with Crippen molar-refractivity contribution in [2.24, 2.45) is 0 Å². The lowest BCUT2D eigenvalue weighted by Crippen LogP contribution is -2.58. The van der Waals surface area contributed by atoms with Crippen LogP contribution in [0.1, 0.15) is 24.8 Å². The van der Waals surface area contributed by atoms with Gasteiger partial charge in [-0.05, 0) is 54.9 Å². The molecule has 2 saturated heterocycles. The van der Waals surface area contributed by atoms with E-state index in [1.807, 2.05) is 42.5 Å². The van der Waals surface area contributed by atoms with Crippen LogP contribution in [-0.4, -0.2) is 53.0 Å². The molecular formula is C24H28ClN5O2S. The van der Waals surface area contributed by atoms with Crippen molar-refractivity contribution in [1.82, 2.24) is 20.9 Å². The molecule has 33 heavy (non-hydrogen) atoms. The average Bonchev–Trinajstić information content (AvgIpc) is 3.24. The maximum Gasteiger partial charge on any atom is 0.237 e. The molecule has 7 nitrogen and oxygen atoms in total. The number of amides is 2. The smallest absolute Gasteiger partial charge is 0.237 e. The largest absolute Gasteiger partial charge is 0.358 e. The summed E-state index contributed by atoms with van der Waals surface area (Å²) in [6.45, 7) is 1.79. The first-order valence-electron chi connectivity index (χ1n) is 11.1. The Morgan fingerprint density at radius 2 is 1.91 bits per heavy atom. The zero-order valence-corrected chi connectivity index (χ0v) is 19.8. The van der Waals surface area contributed by atoms with Gasteiger partial charge in [0, 0.05) is 48.8 Å². The summed E-state index contributed by atoms with van der Waals surface area (Å²) in [6.07, 6.45) is 1.79. The van der Waals surface area contributed by atoms with E-state index in [2.05, 4.69) is 26.2 Å². The van der Waals surface area contributed by atoms with Crippen LogP contribution in [0.25, 0.3) is 0 Å². The fourth-order valence-corrected chi connectivity index (χ4v) is 4.83. The number of nitrogens with zero attached hydrogens (tertiary/aromatic N) is 1. The van der Waals surface area contributed by atoms with E-state index in [0.29, 0.717) is 49.0 Å². The van der Waals surface area contributed by atoms with Gasteiger partial charge in [-0.3, -0.25) is 14.5 Å². The first kappa shape index (κ1) is 23.5.